The topological polar surface area (TPSA) is 50.8 Å². The lowest BCUT2D eigenvalue weighted by Crippen LogP contribution is -2.54. The first-order valence-corrected chi connectivity index (χ1v) is 9.37. The maximum Gasteiger partial charge on any atom is 0.410 e. The van der Waals surface area contributed by atoms with Gasteiger partial charge in [-0.1, -0.05) is 20.8 Å². The second-order valence-corrected chi connectivity index (χ2v) is 9.46. The summed E-state index contributed by atoms with van der Waals surface area (Å²) in [6.45, 7) is 15.8. The molecule has 1 amide bonds. The van der Waals surface area contributed by atoms with Gasteiger partial charge in [-0.05, 0) is 45.4 Å². The van der Waals surface area contributed by atoms with Gasteiger partial charge in [0.25, 0.3) is 0 Å². The first-order valence-electron chi connectivity index (χ1n) is 9.37. The van der Waals surface area contributed by atoms with E-state index in [9.17, 15) is 4.79 Å². The Morgan fingerprint density at radius 2 is 1.92 bits per heavy atom. The SMILES string of the molecule is CC(C)(C)CN[C@@H]1CCOC[C@@H]1[C@H]1CCCN1C(=O)OC(C)(C)C. The molecule has 2 fully saturated rings. The number of carbonyl (C=O) groups is 1. The molecule has 0 spiro atoms. The lowest BCUT2D eigenvalue weighted by Gasteiger charge is -2.40. The molecule has 140 valence electrons. The van der Waals surface area contributed by atoms with Crippen molar-refractivity contribution in [2.45, 2.75) is 78.5 Å². The Balaban J connectivity index is 2.03. The van der Waals surface area contributed by atoms with Crippen LogP contribution >= 0.6 is 0 Å². The summed E-state index contributed by atoms with van der Waals surface area (Å²) < 4.78 is 11.4. The summed E-state index contributed by atoms with van der Waals surface area (Å²) in [6, 6.07) is 0.628. The van der Waals surface area contributed by atoms with Crippen molar-refractivity contribution in [2.75, 3.05) is 26.3 Å². The second-order valence-electron chi connectivity index (χ2n) is 9.46. The van der Waals surface area contributed by atoms with Crippen LogP contribution in [0.3, 0.4) is 0 Å². The van der Waals surface area contributed by atoms with Crippen molar-refractivity contribution in [1.82, 2.24) is 10.2 Å². The Hall–Kier alpha value is -0.810. The quantitative estimate of drug-likeness (QED) is 0.855. The molecule has 1 N–H and O–H groups in total. The largest absolute Gasteiger partial charge is 0.444 e. The maximum absolute atomic E-state index is 12.6. The molecular weight excluding hydrogens is 304 g/mol. The van der Waals surface area contributed by atoms with E-state index in [1.54, 1.807) is 0 Å². The number of amides is 1. The summed E-state index contributed by atoms with van der Waals surface area (Å²) in [6.07, 6.45) is 2.93. The minimum absolute atomic E-state index is 0.176. The minimum atomic E-state index is -0.447. The first kappa shape index (κ1) is 19.5. The van der Waals surface area contributed by atoms with E-state index in [1.807, 2.05) is 25.7 Å². The van der Waals surface area contributed by atoms with Crippen LogP contribution in [0.5, 0.6) is 0 Å². The molecule has 0 aromatic heterocycles. The van der Waals surface area contributed by atoms with Gasteiger partial charge >= 0.3 is 6.09 Å². The number of rotatable bonds is 3. The summed E-state index contributed by atoms with van der Waals surface area (Å²) in [5.41, 5.74) is -0.194. The summed E-state index contributed by atoms with van der Waals surface area (Å²) in [7, 11) is 0. The van der Waals surface area contributed by atoms with E-state index in [4.69, 9.17) is 9.47 Å². The molecular formula is C19H36N2O3. The van der Waals surface area contributed by atoms with E-state index in [1.165, 1.54) is 0 Å². The van der Waals surface area contributed by atoms with Crippen LogP contribution in [0.15, 0.2) is 0 Å². The van der Waals surface area contributed by atoms with Gasteiger partial charge in [0.15, 0.2) is 0 Å². The molecule has 2 heterocycles. The van der Waals surface area contributed by atoms with Crippen molar-refractivity contribution < 1.29 is 14.3 Å². The fraction of sp³-hybridized carbons (Fsp3) is 0.947. The molecule has 2 rings (SSSR count). The molecule has 0 saturated carbocycles. The minimum Gasteiger partial charge on any atom is -0.444 e. The van der Waals surface area contributed by atoms with Crippen LogP contribution in [0, 0.1) is 11.3 Å². The molecule has 2 aliphatic rings. The fourth-order valence-electron chi connectivity index (χ4n) is 3.61. The average molecular weight is 341 g/mol. The number of likely N-dealkylation sites (tertiary alicyclic amines) is 1. The number of hydrogen-bond acceptors (Lipinski definition) is 4. The summed E-state index contributed by atoms with van der Waals surface area (Å²) >= 11 is 0. The highest BCUT2D eigenvalue weighted by Gasteiger charge is 2.41. The fourth-order valence-corrected chi connectivity index (χ4v) is 3.61. The van der Waals surface area contributed by atoms with Crippen LogP contribution < -0.4 is 5.32 Å². The Morgan fingerprint density at radius 1 is 1.21 bits per heavy atom. The van der Waals surface area contributed by atoms with Gasteiger partial charge in [-0.25, -0.2) is 4.79 Å². The molecule has 24 heavy (non-hydrogen) atoms. The molecule has 0 radical (unpaired) electrons. The van der Waals surface area contributed by atoms with Crippen molar-refractivity contribution in [2.24, 2.45) is 11.3 Å². The summed E-state index contributed by atoms with van der Waals surface area (Å²) in [5, 5.41) is 3.74. The lowest BCUT2D eigenvalue weighted by molar-refractivity contribution is -0.0176. The number of nitrogens with zero attached hydrogens (tertiary/aromatic N) is 1. The number of ether oxygens (including phenoxy) is 2. The molecule has 5 heteroatoms. The Morgan fingerprint density at radius 3 is 2.54 bits per heavy atom. The van der Waals surface area contributed by atoms with Gasteiger partial charge in [-0.2, -0.15) is 0 Å². The van der Waals surface area contributed by atoms with Gasteiger partial charge in [0.1, 0.15) is 5.60 Å². The van der Waals surface area contributed by atoms with Gasteiger partial charge in [0.05, 0.1) is 6.61 Å². The van der Waals surface area contributed by atoms with Crippen molar-refractivity contribution in [3.05, 3.63) is 0 Å². The highest BCUT2D eigenvalue weighted by atomic mass is 16.6. The standard InChI is InChI=1S/C19H36N2O3/c1-18(2,3)13-20-15-9-11-23-12-14(15)16-8-7-10-21(16)17(22)24-19(4,5)6/h14-16,20H,7-13H2,1-6H3/t14-,15+,16+/m0/s1. The molecule has 0 unspecified atom stereocenters. The zero-order valence-electron chi connectivity index (χ0n) is 16.4. The molecule has 0 bridgehead atoms. The lowest BCUT2D eigenvalue weighted by atomic mass is 9.86. The van der Waals surface area contributed by atoms with E-state index >= 15 is 0 Å². The molecule has 5 nitrogen and oxygen atoms in total. The maximum atomic E-state index is 12.6. The number of nitrogens with one attached hydrogen (secondary N) is 1. The van der Waals surface area contributed by atoms with Gasteiger partial charge in [-0.15, -0.1) is 0 Å². The third-order valence-electron chi connectivity index (χ3n) is 4.72. The van der Waals surface area contributed by atoms with E-state index in [-0.39, 0.29) is 17.6 Å². The highest BCUT2D eigenvalue weighted by molar-refractivity contribution is 5.69. The van der Waals surface area contributed by atoms with Gasteiger partial charge in [0.2, 0.25) is 0 Å². The zero-order chi connectivity index (χ0) is 18.0. The third kappa shape index (κ3) is 5.62. The van der Waals surface area contributed by atoms with E-state index < -0.39 is 5.60 Å². The molecule has 0 aliphatic carbocycles. The van der Waals surface area contributed by atoms with Gasteiger partial charge < -0.3 is 19.7 Å². The van der Waals surface area contributed by atoms with Crippen LogP contribution in [0.1, 0.15) is 60.8 Å². The van der Waals surface area contributed by atoms with E-state index in [0.717, 1.165) is 45.6 Å². The van der Waals surface area contributed by atoms with Crippen molar-refractivity contribution >= 4 is 6.09 Å². The predicted molar refractivity (Wildman–Crippen MR) is 96.1 cm³/mol. The molecule has 3 atom stereocenters. The van der Waals surface area contributed by atoms with Crippen molar-refractivity contribution in [3.63, 3.8) is 0 Å². The molecule has 0 aromatic rings. The first-order chi connectivity index (χ1) is 11.1. The Labute approximate surface area is 147 Å². The predicted octanol–water partition coefficient (Wildman–Crippen LogP) is 3.43. The summed E-state index contributed by atoms with van der Waals surface area (Å²) in [4.78, 5) is 14.5. The highest BCUT2D eigenvalue weighted by Crippen LogP contribution is 2.31. The van der Waals surface area contributed by atoms with Crippen molar-refractivity contribution in [1.29, 1.82) is 0 Å². The molecule has 2 aliphatic heterocycles. The zero-order valence-corrected chi connectivity index (χ0v) is 16.4. The average Bonchev–Trinajstić information content (AvgIpc) is 2.92. The number of hydrogen-bond donors (Lipinski definition) is 1. The van der Waals surface area contributed by atoms with Gasteiger partial charge in [0, 0.05) is 37.7 Å². The Kier molecular flexibility index (Phi) is 6.19. The third-order valence-corrected chi connectivity index (χ3v) is 4.72. The van der Waals surface area contributed by atoms with E-state index in [0.29, 0.717) is 12.0 Å². The number of carbonyl (C=O) groups excluding carboxylic acids is 1. The molecule has 2 saturated heterocycles. The Bertz CT molecular complexity index is 425. The normalized spacial score (nSPS) is 28.9. The second kappa shape index (κ2) is 7.61. The van der Waals surface area contributed by atoms with Crippen LogP contribution in [-0.4, -0.2) is 55.0 Å². The molecule has 0 aromatic carbocycles. The monoisotopic (exact) mass is 340 g/mol. The van der Waals surface area contributed by atoms with Crippen LogP contribution in [-0.2, 0) is 9.47 Å². The van der Waals surface area contributed by atoms with Crippen LogP contribution in [0.25, 0.3) is 0 Å². The van der Waals surface area contributed by atoms with Gasteiger partial charge in [-0.3, -0.25) is 0 Å². The summed E-state index contributed by atoms with van der Waals surface area (Å²) in [5.74, 6) is 0.344. The van der Waals surface area contributed by atoms with Crippen LogP contribution in [0.4, 0.5) is 4.79 Å². The van der Waals surface area contributed by atoms with E-state index in [2.05, 4.69) is 26.1 Å². The smallest absolute Gasteiger partial charge is 0.410 e. The van der Waals surface area contributed by atoms with Crippen molar-refractivity contribution in [3.8, 4) is 0 Å². The van der Waals surface area contributed by atoms with Crippen LogP contribution in [0.2, 0.25) is 0 Å².